The molecule has 0 spiro atoms. The number of aromatic amines is 1. The molecule has 1 aliphatic rings. The number of benzene rings is 1. The van der Waals surface area contributed by atoms with Crippen molar-refractivity contribution in [3.63, 3.8) is 0 Å². The molecule has 0 aliphatic carbocycles. The first-order valence-electron chi connectivity index (χ1n) is 6.92. The molecule has 21 heavy (non-hydrogen) atoms. The number of carbonyl (C=O) groups is 1. The van der Waals surface area contributed by atoms with Crippen LogP contribution in [0.5, 0.6) is 0 Å². The highest BCUT2D eigenvalue weighted by Gasteiger charge is 2.19. The van der Waals surface area contributed by atoms with Gasteiger partial charge in [-0.2, -0.15) is 0 Å². The van der Waals surface area contributed by atoms with E-state index in [1.165, 1.54) is 16.5 Å². The van der Waals surface area contributed by atoms with Gasteiger partial charge in [-0.05, 0) is 30.2 Å². The molecule has 1 aliphatic heterocycles. The lowest BCUT2D eigenvalue weighted by molar-refractivity contribution is -0.134. The van der Waals surface area contributed by atoms with E-state index in [9.17, 15) is 4.79 Å². The molecule has 0 saturated heterocycles. The van der Waals surface area contributed by atoms with Gasteiger partial charge in [-0.3, -0.25) is 4.79 Å². The van der Waals surface area contributed by atoms with Crippen molar-refractivity contribution in [2.45, 2.75) is 6.42 Å². The Kier molecular flexibility index (Phi) is 4.12. The molecule has 0 unspecified atom stereocenters. The molecule has 0 radical (unpaired) electrons. The van der Waals surface area contributed by atoms with Crippen LogP contribution in [0.2, 0.25) is 0 Å². The van der Waals surface area contributed by atoms with Crippen LogP contribution in [0.4, 0.5) is 0 Å². The maximum absolute atomic E-state index is 11.8. The molecular weight excluding hydrogens is 332 g/mol. The minimum absolute atomic E-state index is 0.0504. The number of fused-ring (bicyclic) bond motifs is 1. The van der Waals surface area contributed by atoms with Crippen molar-refractivity contribution in [2.75, 3.05) is 26.8 Å². The molecule has 4 nitrogen and oxygen atoms in total. The average molecular weight is 349 g/mol. The second kappa shape index (κ2) is 6.03. The molecule has 0 fully saturated rings. The molecule has 1 aromatic heterocycles. The molecule has 0 atom stereocenters. The Morgan fingerprint density at radius 2 is 2.33 bits per heavy atom. The Labute approximate surface area is 131 Å². The molecule has 5 heteroatoms. The monoisotopic (exact) mass is 348 g/mol. The summed E-state index contributed by atoms with van der Waals surface area (Å²) in [5.41, 5.74) is 3.65. The van der Waals surface area contributed by atoms with E-state index < -0.39 is 0 Å². The van der Waals surface area contributed by atoms with Gasteiger partial charge in [-0.25, -0.2) is 0 Å². The summed E-state index contributed by atoms with van der Waals surface area (Å²) >= 11 is 3.52. The molecule has 2 heterocycles. The van der Waals surface area contributed by atoms with Gasteiger partial charge >= 0.3 is 0 Å². The summed E-state index contributed by atoms with van der Waals surface area (Å²) in [6.07, 6.45) is 5.06. The largest absolute Gasteiger partial charge is 0.375 e. The van der Waals surface area contributed by atoms with Gasteiger partial charge in [0.2, 0.25) is 5.91 Å². The summed E-state index contributed by atoms with van der Waals surface area (Å²) in [7, 11) is 1.55. The number of aromatic nitrogens is 1. The first-order valence-corrected chi connectivity index (χ1v) is 7.71. The predicted octanol–water partition coefficient (Wildman–Crippen LogP) is 3.19. The standard InChI is InChI=1S/C16H17BrN2O2/c1-21-10-16(20)19-6-4-11(5-7-19)14-9-18-15-3-2-12(17)8-13(14)15/h2-4,8-9,18H,5-7,10H2,1H3. The van der Waals surface area contributed by atoms with E-state index >= 15 is 0 Å². The predicted molar refractivity (Wildman–Crippen MR) is 87.0 cm³/mol. The van der Waals surface area contributed by atoms with Gasteiger partial charge in [0, 0.05) is 47.3 Å². The van der Waals surface area contributed by atoms with Crippen LogP contribution in [-0.2, 0) is 9.53 Å². The van der Waals surface area contributed by atoms with Crippen LogP contribution in [-0.4, -0.2) is 42.6 Å². The number of amides is 1. The van der Waals surface area contributed by atoms with E-state index in [2.05, 4.69) is 45.3 Å². The Bertz CT molecular complexity index is 705. The van der Waals surface area contributed by atoms with Gasteiger partial charge in [0.25, 0.3) is 0 Å². The highest BCUT2D eigenvalue weighted by Crippen LogP contribution is 2.30. The minimum Gasteiger partial charge on any atom is -0.375 e. The summed E-state index contributed by atoms with van der Waals surface area (Å²) < 4.78 is 5.98. The quantitative estimate of drug-likeness (QED) is 0.925. The maximum Gasteiger partial charge on any atom is 0.248 e. The maximum atomic E-state index is 11.8. The zero-order chi connectivity index (χ0) is 14.8. The van der Waals surface area contributed by atoms with Crippen LogP contribution in [0, 0.1) is 0 Å². The second-order valence-electron chi connectivity index (χ2n) is 5.14. The molecule has 1 N–H and O–H groups in total. The van der Waals surface area contributed by atoms with Gasteiger partial charge in [0.1, 0.15) is 6.61 Å². The van der Waals surface area contributed by atoms with Gasteiger partial charge in [-0.1, -0.05) is 22.0 Å². The van der Waals surface area contributed by atoms with Gasteiger partial charge in [-0.15, -0.1) is 0 Å². The number of H-pyrrole nitrogens is 1. The summed E-state index contributed by atoms with van der Waals surface area (Å²) in [6.45, 7) is 1.55. The number of rotatable bonds is 3. The lowest BCUT2D eigenvalue weighted by Crippen LogP contribution is -2.36. The van der Waals surface area contributed by atoms with Gasteiger partial charge in [0.05, 0.1) is 0 Å². The number of methoxy groups -OCH3 is 1. The molecular formula is C16H17BrN2O2. The SMILES string of the molecule is COCC(=O)N1CC=C(c2c[nH]c3ccc(Br)cc23)CC1. The van der Waals surface area contributed by atoms with Crippen LogP contribution < -0.4 is 0 Å². The van der Waals surface area contributed by atoms with Crippen molar-refractivity contribution in [3.8, 4) is 0 Å². The van der Waals surface area contributed by atoms with Crippen molar-refractivity contribution in [2.24, 2.45) is 0 Å². The number of hydrogen-bond donors (Lipinski definition) is 1. The number of nitrogens with zero attached hydrogens (tertiary/aromatic N) is 1. The summed E-state index contributed by atoms with van der Waals surface area (Å²) in [4.78, 5) is 16.9. The van der Waals surface area contributed by atoms with Crippen molar-refractivity contribution in [1.29, 1.82) is 0 Å². The molecule has 1 aromatic carbocycles. The van der Waals surface area contributed by atoms with E-state index in [0.29, 0.717) is 6.54 Å². The van der Waals surface area contributed by atoms with Crippen LogP contribution in [0.15, 0.2) is 34.9 Å². The molecule has 2 aromatic rings. The highest BCUT2D eigenvalue weighted by molar-refractivity contribution is 9.10. The van der Waals surface area contributed by atoms with Crippen molar-refractivity contribution in [1.82, 2.24) is 9.88 Å². The third-order valence-electron chi connectivity index (χ3n) is 3.82. The van der Waals surface area contributed by atoms with E-state index in [0.717, 1.165) is 23.0 Å². The third kappa shape index (κ3) is 2.89. The number of hydrogen-bond acceptors (Lipinski definition) is 2. The zero-order valence-electron chi connectivity index (χ0n) is 11.9. The molecule has 110 valence electrons. The zero-order valence-corrected chi connectivity index (χ0v) is 13.4. The fraction of sp³-hybridized carbons (Fsp3) is 0.312. The Morgan fingerprint density at radius 1 is 1.48 bits per heavy atom. The smallest absolute Gasteiger partial charge is 0.248 e. The van der Waals surface area contributed by atoms with E-state index in [1.54, 1.807) is 7.11 Å². The topological polar surface area (TPSA) is 45.3 Å². The summed E-state index contributed by atoms with van der Waals surface area (Å²) in [5, 5.41) is 1.22. The number of carbonyl (C=O) groups excluding carboxylic acids is 1. The van der Waals surface area contributed by atoms with Crippen molar-refractivity contribution < 1.29 is 9.53 Å². The number of nitrogens with one attached hydrogen (secondary N) is 1. The van der Waals surface area contributed by atoms with Crippen molar-refractivity contribution in [3.05, 3.63) is 40.5 Å². The lowest BCUT2D eigenvalue weighted by Gasteiger charge is -2.26. The van der Waals surface area contributed by atoms with Crippen LogP contribution in [0.1, 0.15) is 12.0 Å². The van der Waals surface area contributed by atoms with Gasteiger partial charge < -0.3 is 14.6 Å². The lowest BCUT2D eigenvalue weighted by atomic mass is 9.99. The van der Waals surface area contributed by atoms with E-state index in [-0.39, 0.29) is 12.5 Å². The third-order valence-corrected chi connectivity index (χ3v) is 4.31. The second-order valence-corrected chi connectivity index (χ2v) is 6.06. The van der Waals surface area contributed by atoms with Gasteiger partial charge in [0.15, 0.2) is 0 Å². The van der Waals surface area contributed by atoms with Crippen LogP contribution in [0.25, 0.3) is 16.5 Å². The number of ether oxygens (including phenoxy) is 1. The highest BCUT2D eigenvalue weighted by atomic mass is 79.9. The van der Waals surface area contributed by atoms with Crippen molar-refractivity contribution >= 4 is 38.3 Å². The Balaban J connectivity index is 1.84. The number of halogens is 1. The van der Waals surface area contributed by atoms with E-state index in [4.69, 9.17) is 4.74 Å². The fourth-order valence-electron chi connectivity index (χ4n) is 2.71. The average Bonchev–Trinajstić information content (AvgIpc) is 2.90. The normalized spacial score (nSPS) is 15.3. The molecule has 3 rings (SSSR count). The Hall–Kier alpha value is -1.59. The van der Waals surface area contributed by atoms with Crippen LogP contribution in [0.3, 0.4) is 0 Å². The first kappa shape index (κ1) is 14.4. The molecule has 1 amide bonds. The van der Waals surface area contributed by atoms with E-state index in [1.807, 2.05) is 11.0 Å². The minimum atomic E-state index is 0.0504. The van der Waals surface area contributed by atoms with Crippen LogP contribution >= 0.6 is 15.9 Å². The molecule has 0 saturated carbocycles. The first-order chi connectivity index (χ1) is 10.2. The Morgan fingerprint density at radius 3 is 3.05 bits per heavy atom. The summed E-state index contributed by atoms with van der Waals surface area (Å²) in [6, 6.07) is 6.23. The fourth-order valence-corrected chi connectivity index (χ4v) is 3.07. The molecule has 0 bridgehead atoms. The summed E-state index contributed by atoms with van der Waals surface area (Å²) in [5.74, 6) is 0.0504.